The van der Waals surface area contributed by atoms with Gasteiger partial charge in [0, 0.05) is 33.4 Å². The zero-order valence-electron chi connectivity index (χ0n) is 31.5. The molecule has 11 rings (SSSR count). The molecular formula is C53H36N4O. The van der Waals surface area contributed by atoms with Crippen LogP contribution in [-0.4, -0.2) is 11.7 Å². The second kappa shape index (κ2) is 14.1. The lowest BCUT2D eigenvalue weighted by Gasteiger charge is -2.26. The van der Waals surface area contributed by atoms with Crippen molar-refractivity contribution in [3.63, 3.8) is 0 Å². The highest BCUT2D eigenvalue weighted by Gasteiger charge is 2.26. The zero-order chi connectivity index (χ0) is 38.4. The van der Waals surface area contributed by atoms with E-state index >= 15 is 0 Å². The summed E-state index contributed by atoms with van der Waals surface area (Å²) in [6.07, 6.45) is -0.329. The van der Waals surface area contributed by atoms with Gasteiger partial charge in [0.1, 0.15) is 23.2 Å². The lowest BCUT2D eigenvalue weighted by molar-refractivity contribution is 0.660. The molecule has 58 heavy (non-hydrogen) atoms. The van der Waals surface area contributed by atoms with E-state index in [0.717, 1.165) is 66.5 Å². The molecule has 0 saturated carbocycles. The summed E-state index contributed by atoms with van der Waals surface area (Å²) >= 11 is 0. The molecule has 1 aromatic heterocycles. The average molecular weight is 745 g/mol. The quantitative estimate of drug-likeness (QED) is 0.177. The van der Waals surface area contributed by atoms with Crippen molar-refractivity contribution in [3.05, 3.63) is 223 Å². The van der Waals surface area contributed by atoms with Crippen LogP contribution in [0.25, 0.3) is 54.6 Å². The summed E-state index contributed by atoms with van der Waals surface area (Å²) in [7, 11) is 0. The topological polar surface area (TPSA) is 53.1 Å². The maximum absolute atomic E-state index is 6.92. The van der Waals surface area contributed by atoms with Gasteiger partial charge in [-0.25, -0.2) is 9.98 Å². The molecule has 1 aliphatic heterocycles. The highest BCUT2D eigenvalue weighted by molar-refractivity contribution is 6.26. The minimum absolute atomic E-state index is 0.329. The van der Waals surface area contributed by atoms with Crippen LogP contribution >= 0.6 is 0 Å². The lowest BCUT2D eigenvalue weighted by atomic mass is 9.98. The summed E-state index contributed by atoms with van der Waals surface area (Å²) in [5.41, 5.74) is 10.0. The van der Waals surface area contributed by atoms with E-state index in [-0.39, 0.29) is 6.17 Å². The molecule has 5 heteroatoms. The molecule has 1 atom stereocenters. The van der Waals surface area contributed by atoms with E-state index in [1.54, 1.807) is 0 Å². The maximum atomic E-state index is 6.92. The normalized spacial score (nSPS) is 14.0. The van der Waals surface area contributed by atoms with Crippen LogP contribution in [0.4, 0.5) is 17.1 Å². The Morgan fingerprint density at radius 2 is 1.07 bits per heavy atom. The molecule has 0 fully saturated rings. The van der Waals surface area contributed by atoms with E-state index in [0.29, 0.717) is 11.7 Å². The number of anilines is 3. The summed E-state index contributed by atoms with van der Waals surface area (Å²) in [4.78, 5) is 12.6. The number of amidine groups is 2. The molecule has 1 N–H and O–H groups in total. The van der Waals surface area contributed by atoms with Crippen LogP contribution in [0.3, 0.4) is 0 Å². The van der Waals surface area contributed by atoms with E-state index < -0.39 is 0 Å². The molecule has 0 saturated heterocycles. The van der Waals surface area contributed by atoms with Gasteiger partial charge in [-0.3, -0.25) is 0 Å². The number of hydrogen-bond donors (Lipinski definition) is 1. The van der Waals surface area contributed by atoms with Crippen molar-refractivity contribution in [2.45, 2.75) is 6.17 Å². The Kier molecular flexibility index (Phi) is 8.14. The Balaban J connectivity index is 1.10. The van der Waals surface area contributed by atoms with Crippen LogP contribution in [0, 0.1) is 0 Å². The Bertz CT molecular complexity index is 3190. The average Bonchev–Trinajstić information content (AvgIpc) is 3.69. The number of furan rings is 1. The number of benzene rings is 9. The molecule has 10 aromatic rings. The van der Waals surface area contributed by atoms with E-state index in [4.69, 9.17) is 14.4 Å². The van der Waals surface area contributed by atoms with Crippen LogP contribution in [0.1, 0.15) is 22.9 Å². The Morgan fingerprint density at radius 3 is 1.84 bits per heavy atom. The first-order valence-electron chi connectivity index (χ1n) is 19.6. The fourth-order valence-corrected chi connectivity index (χ4v) is 8.23. The Morgan fingerprint density at radius 1 is 0.466 bits per heavy atom. The first-order chi connectivity index (χ1) is 28.7. The van der Waals surface area contributed by atoms with Gasteiger partial charge in [-0.2, -0.15) is 0 Å². The monoisotopic (exact) mass is 744 g/mol. The zero-order valence-corrected chi connectivity index (χ0v) is 31.5. The van der Waals surface area contributed by atoms with Crippen LogP contribution in [-0.2, 0) is 0 Å². The van der Waals surface area contributed by atoms with Crippen molar-refractivity contribution in [1.82, 2.24) is 5.32 Å². The smallest absolute Gasteiger partial charge is 0.159 e. The van der Waals surface area contributed by atoms with Crippen molar-refractivity contribution in [2.75, 3.05) is 4.90 Å². The van der Waals surface area contributed by atoms with Crippen LogP contribution < -0.4 is 10.2 Å². The van der Waals surface area contributed by atoms with Gasteiger partial charge in [0.2, 0.25) is 0 Å². The number of hydrogen-bond acceptors (Lipinski definition) is 5. The summed E-state index contributed by atoms with van der Waals surface area (Å²) in [5, 5.41) is 10.4. The number of fused-ring (bicyclic) bond motifs is 6. The number of nitrogens with one attached hydrogen (secondary N) is 1. The van der Waals surface area contributed by atoms with Gasteiger partial charge in [-0.1, -0.05) is 158 Å². The first-order valence-corrected chi connectivity index (χ1v) is 19.6. The maximum Gasteiger partial charge on any atom is 0.159 e. The predicted molar refractivity (Wildman–Crippen MR) is 241 cm³/mol. The van der Waals surface area contributed by atoms with Gasteiger partial charge in [0.15, 0.2) is 5.84 Å². The molecule has 2 heterocycles. The number of nitrogens with zero attached hydrogens (tertiary/aromatic N) is 3. The van der Waals surface area contributed by atoms with E-state index in [2.05, 4.69) is 180 Å². The highest BCUT2D eigenvalue weighted by atomic mass is 16.3. The van der Waals surface area contributed by atoms with Gasteiger partial charge in [0.25, 0.3) is 0 Å². The third-order valence-corrected chi connectivity index (χ3v) is 11.1. The van der Waals surface area contributed by atoms with Crippen LogP contribution in [0.2, 0.25) is 0 Å². The molecule has 274 valence electrons. The van der Waals surface area contributed by atoms with Gasteiger partial charge < -0.3 is 14.6 Å². The third-order valence-electron chi connectivity index (χ3n) is 11.1. The number of rotatable bonds is 7. The molecule has 0 radical (unpaired) electrons. The van der Waals surface area contributed by atoms with E-state index in [9.17, 15) is 0 Å². The van der Waals surface area contributed by atoms with Crippen molar-refractivity contribution in [2.24, 2.45) is 9.98 Å². The molecule has 0 amide bonds. The third kappa shape index (κ3) is 5.97. The lowest BCUT2D eigenvalue weighted by Crippen LogP contribution is -2.33. The fourth-order valence-electron chi connectivity index (χ4n) is 8.23. The summed E-state index contributed by atoms with van der Waals surface area (Å²) < 4.78 is 6.92. The minimum atomic E-state index is -0.329. The summed E-state index contributed by atoms with van der Waals surface area (Å²) in [5.74, 6) is 1.39. The first kappa shape index (κ1) is 33.6. The van der Waals surface area contributed by atoms with E-state index in [1.807, 2.05) is 36.4 Å². The van der Waals surface area contributed by atoms with E-state index in [1.165, 1.54) is 21.9 Å². The minimum Gasteiger partial charge on any atom is -0.455 e. The van der Waals surface area contributed by atoms with Crippen LogP contribution in [0.5, 0.6) is 0 Å². The molecule has 5 nitrogen and oxygen atoms in total. The SMILES string of the molecule is c1ccc(C2=NC(c3ccccc3)NC(c3cc4ccccc4c4c3oc3ccc(N(c5ccc(-c6ccccc6)cc5)c5ccc6ccccc6c5)cc34)=N2)cc1. The Labute approximate surface area is 335 Å². The predicted octanol–water partition coefficient (Wildman–Crippen LogP) is 13.5. The fraction of sp³-hybridized carbons (Fsp3) is 0.0189. The van der Waals surface area contributed by atoms with Gasteiger partial charge >= 0.3 is 0 Å². The Hall–Kier alpha value is -7.76. The van der Waals surface area contributed by atoms with Gasteiger partial charge in [-0.05, 0) is 86.8 Å². The van der Waals surface area contributed by atoms with Crippen molar-refractivity contribution >= 4 is 72.2 Å². The van der Waals surface area contributed by atoms with Crippen LogP contribution in [0.15, 0.2) is 221 Å². The van der Waals surface area contributed by atoms with Crippen molar-refractivity contribution in [3.8, 4) is 11.1 Å². The van der Waals surface area contributed by atoms with Gasteiger partial charge in [0.05, 0.1) is 5.56 Å². The molecule has 0 aliphatic carbocycles. The largest absolute Gasteiger partial charge is 0.455 e. The summed E-state index contributed by atoms with van der Waals surface area (Å²) in [6, 6.07) is 72.3. The molecule has 0 spiro atoms. The molecule has 1 aliphatic rings. The molecule has 9 aromatic carbocycles. The molecule has 1 unspecified atom stereocenters. The highest BCUT2D eigenvalue weighted by Crippen LogP contribution is 2.43. The summed E-state index contributed by atoms with van der Waals surface area (Å²) in [6.45, 7) is 0. The second-order valence-electron chi connectivity index (χ2n) is 14.6. The second-order valence-corrected chi connectivity index (χ2v) is 14.6. The van der Waals surface area contributed by atoms with Gasteiger partial charge in [-0.15, -0.1) is 0 Å². The molecular weight excluding hydrogens is 709 g/mol. The van der Waals surface area contributed by atoms with Crippen molar-refractivity contribution < 1.29 is 4.42 Å². The standard InChI is InChI=1S/C53H36N4O/c1-4-14-35(15-5-1)37-24-27-42(28-25-37)57(43-29-26-36-16-10-11-21-40(36)32-43)44-30-31-48-46(34-44)49-45-23-13-12-22-41(45)33-47(50(49)58-48)53-55-51(38-17-6-2-7-18-38)54-52(56-53)39-19-8-3-9-20-39/h1-34,51H,(H,54,55,56). The van der Waals surface area contributed by atoms with Crippen molar-refractivity contribution in [1.29, 1.82) is 0 Å². The molecule has 0 bridgehead atoms. The number of aliphatic imine (C=N–C) groups is 2.